The average molecular weight is 248 g/mol. The molecule has 0 spiro atoms. The molecule has 0 saturated heterocycles. The number of benzene rings is 1. The second-order valence-corrected chi connectivity index (χ2v) is 4.12. The second kappa shape index (κ2) is 5.66. The summed E-state index contributed by atoms with van der Waals surface area (Å²) in [4.78, 5) is 4.17. The summed E-state index contributed by atoms with van der Waals surface area (Å²) in [6.07, 6.45) is 0. The average Bonchev–Trinajstić information content (AvgIpc) is 2.47. The van der Waals surface area contributed by atoms with Crippen molar-refractivity contribution in [1.29, 1.82) is 10.5 Å². The minimum atomic E-state index is 0.0502. The topological polar surface area (TPSA) is 72.5 Å². The molecule has 0 aliphatic carbocycles. The minimum absolute atomic E-state index is 0.0502. The predicted octanol–water partition coefficient (Wildman–Crippen LogP) is 3.00. The molecule has 92 valence electrons. The summed E-state index contributed by atoms with van der Waals surface area (Å²) in [7, 11) is 0. The van der Waals surface area contributed by atoms with Gasteiger partial charge in [-0.05, 0) is 36.8 Å². The highest BCUT2D eigenvalue weighted by Gasteiger charge is 2.06. The Labute approximate surface area is 112 Å². The molecule has 0 fully saturated rings. The summed E-state index contributed by atoms with van der Waals surface area (Å²) in [5.74, 6) is 0.663. The number of anilines is 1. The Hall–Kier alpha value is -2.85. The molecule has 0 saturated carbocycles. The molecule has 0 amide bonds. The van der Waals surface area contributed by atoms with E-state index in [9.17, 15) is 0 Å². The molecule has 1 atom stereocenters. The summed E-state index contributed by atoms with van der Waals surface area (Å²) < 4.78 is 0. The van der Waals surface area contributed by atoms with Gasteiger partial charge in [0.25, 0.3) is 0 Å². The predicted molar refractivity (Wildman–Crippen MR) is 72.1 cm³/mol. The van der Waals surface area contributed by atoms with E-state index in [1.54, 1.807) is 24.3 Å². The van der Waals surface area contributed by atoms with Crippen LogP contribution in [0.25, 0.3) is 0 Å². The normalized spacial score (nSPS) is 11.1. The molecule has 0 aliphatic rings. The highest BCUT2D eigenvalue weighted by molar-refractivity contribution is 5.42. The van der Waals surface area contributed by atoms with Gasteiger partial charge in [-0.3, -0.25) is 0 Å². The van der Waals surface area contributed by atoms with E-state index >= 15 is 0 Å². The lowest BCUT2D eigenvalue weighted by molar-refractivity contribution is 0.873. The van der Waals surface area contributed by atoms with E-state index in [0.717, 1.165) is 5.56 Å². The van der Waals surface area contributed by atoms with Gasteiger partial charge in [0.05, 0.1) is 11.6 Å². The van der Waals surface area contributed by atoms with Gasteiger partial charge >= 0.3 is 0 Å². The van der Waals surface area contributed by atoms with Crippen LogP contribution in [0.3, 0.4) is 0 Å². The summed E-state index contributed by atoms with van der Waals surface area (Å²) >= 11 is 0. The molecule has 1 unspecified atom stereocenters. The zero-order chi connectivity index (χ0) is 13.7. The van der Waals surface area contributed by atoms with E-state index < -0.39 is 0 Å². The maximum Gasteiger partial charge on any atom is 0.142 e. The fourth-order valence-electron chi connectivity index (χ4n) is 1.73. The molecular formula is C15H12N4. The number of nitrogens with one attached hydrogen (secondary N) is 1. The largest absolute Gasteiger partial charge is 0.364 e. The van der Waals surface area contributed by atoms with Gasteiger partial charge in [0, 0.05) is 6.04 Å². The van der Waals surface area contributed by atoms with E-state index in [0.29, 0.717) is 17.1 Å². The first kappa shape index (κ1) is 12.6. The zero-order valence-corrected chi connectivity index (χ0v) is 10.5. The van der Waals surface area contributed by atoms with Crippen molar-refractivity contribution in [3.8, 4) is 12.1 Å². The summed E-state index contributed by atoms with van der Waals surface area (Å²) in [6, 6.07) is 16.8. The molecule has 0 radical (unpaired) electrons. The third-order valence-corrected chi connectivity index (χ3v) is 2.77. The first-order chi connectivity index (χ1) is 9.22. The van der Waals surface area contributed by atoms with Crippen LogP contribution in [0, 0.1) is 22.7 Å². The quantitative estimate of drug-likeness (QED) is 0.906. The number of hydrogen-bond acceptors (Lipinski definition) is 4. The number of nitrogens with zero attached hydrogens (tertiary/aromatic N) is 3. The van der Waals surface area contributed by atoms with E-state index in [4.69, 9.17) is 10.5 Å². The van der Waals surface area contributed by atoms with E-state index in [1.807, 2.05) is 31.2 Å². The van der Waals surface area contributed by atoms with Crippen molar-refractivity contribution < 1.29 is 0 Å². The van der Waals surface area contributed by atoms with Gasteiger partial charge in [-0.2, -0.15) is 10.5 Å². The van der Waals surface area contributed by atoms with Gasteiger partial charge in [0.1, 0.15) is 17.6 Å². The smallest absolute Gasteiger partial charge is 0.142 e. The fourth-order valence-corrected chi connectivity index (χ4v) is 1.73. The number of rotatable bonds is 3. The number of pyridine rings is 1. The van der Waals surface area contributed by atoms with E-state index in [-0.39, 0.29) is 6.04 Å². The maximum absolute atomic E-state index is 8.80. The van der Waals surface area contributed by atoms with Crippen molar-refractivity contribution in [1.82, 2.24) is 4.98 Å². The molecule has 1 heterocycles. The molecule has 0 bridgehead atoms. The summed E-state index contributed by atoms with van der Waals surface area (Å²) in [5, 5.41) is 20.8. The van der Waals surface area contributed by atoms with Crippen molar-refractivity contribution in [2.45, 2.75) is 13.0 Å². The number of hydrogen-bond donors (Lipinski definition) is 1. The summed E-state index contributed by atoms with van der Waals surface area (Å²) in [6.45, 7) is 2.00. The lowest BCUT2D eigenvalue weighted by Gasteiger charge is -2.15. The number of aromatic nitrogens is 1. The Kier molecular flexibility index (Phi) is 3.75. The fraction of sp³-hybridized carbons (Fsp3) is 0.133. The molecule has 4 heteroatoms. The van der Waals surface area contributed by atoms with Crippen LogP contribution < -0.4 is 5.32 Å². The van der Waals surface area contributed by atoms with Crippen LogP contribution in [-0.2, 0) is 0 Å². The van der Waals surface area contributed by atoms with Gasteiger partial charge in [-0.1, -0.05) is 18.2 Å². The van der Waals surface area contributed by atoms with Crippen LogP contribution in [0.5, 0.6) is 0 Å². The first-order valence-corrected chi connectivity index (χ1v) is 5.86. The van der Waals surface area contributed by atoms with Gasteiger partial charge < -0.3 is 5.32 Å². The van der Waals surface area contributed by atoms with Crippen LogP contribution in [0.4, 0.5) is 5.82 Å². The Morgan fingerprint density at radius 1 is 1.05 bits per heavy atom. The van der Waals surface area contributed by atoms with Gasteiger partial charge in [0.15, 0.2) is 0 Å². The van der Waals surface area contributed by atoms with Crippen molar-refractivity contribution in [2.75, 3.05) is 5.32 Å². The monoisotopic (exact) mass is 248 g/mol. The third kappa shape index (κ3) is 3.08. The Bertz CT molecular complexity index is 647. The van der Waals surface area contributed by atoms with Crippen molar-refractivity contribution in [3.63, 3.8) is 0 Å². The highest BCUT2D eigenvalue weighted by Crippen LogP contribution is 2.18. The molecule has 2 aromatic rings. The van der Waals surface area contributed by atoms with Gasteiger partial charge in [-0.25, -0.2) is 4.98 Å². The van der Waals surface area contributed by atoms with Crippen molar-refractivity contribution in [3.05, 3.63) is 59.3 Å². The molecule has 0 aliphatic heterocycles. The van der Waals surface area contributed by atoms with Crippen molar-refractivity contribution >= 4 is 5.82 Å². The van der Waals surface area contributed by atoms with Crippen LogP contribution in [0.2, 0.25) is 0 Å². The maximum atomic E-state index is 8.80. The lowest BCUT2D eigenvalue weighted by Crippen LogP contribution is -2.08. The molecule has 1 aromatic heterocycles. The van der Waals surface area contributed by atoms with Crippen LogP contribution >= 0.6 is 0 Å². The third-order valence-electron chi connectivity index (χ3n) is 2.77. The molecule has 19 heavy (non-hydrogen) atoms. The molecular weight excluding hydrogens is 236 g/mol. The second-order valence-electron chi connectivity index (χ2n) is 4.12. The molecule has 2 rings (SSSR count). The highest BCUT2D eigenvalue weighted by atomic mass is 15.0. The SMILES string of the molecule is CC(Nc1cccc(C#N)n1)c1ccc(C#N)cc1. The Morgan fingerprint density at radius 3 is 2.42 bits per heavy atom. The molecule has 1 aromatic carbocycles. The Balaban J connectivity index is 2.14. The molecule has 1 N–H and O–H groups in total. The molecule has 4 nitrogen and oxygen atoms in total. The zero-order valence-electron chi connectivity index (χ0n) is 10.5. The Morgan fingerprint density at radius 2 is 1.79 bits per heavy atom. The lowest BCUT2D eigenvalue weighted by atomic mass is 10.1. The van der Waals surface area contributed by atoms with Crippen LogP contribution in [-0.4, -0.2) is 4.98 Å². The number of nitriles is 2. The minimum Gasteiger partial charge on any atom is -0.364 e. The summed E-state index contributed by atoms with van der Waals surface area (Å²) in [5.41, 5.74) is 2.08. The van der Waals surface area contributed by atoms with Gasteiger partial charge in [-0.15, -0.1) is 0 Å². The van der Waals surface area contributed by atoms with E-state index in [1.165, 1.54) is 0 Å². The van der Waals surface area contributed by atoms with Crippen LogP contribution in [0.1, 0.15) is 29.8 Å². The van der Waals surface area contributed by atoms with Gasteiger partial charge in [0.2, 0.25) is 0 Å². The standard InChI is InChI=1S/C15H12N4/c1-11(13-7-5-12(9-16)6-8-13)18-15-4-2-3-14(10-17)19-15/h2-8,11H,1H3,(H,18,19). The van der Waals surface area contributed by atoms with Crippen molar-refractivity contribution in [2.24, 2.45) is 0 Å². The van der Waals surface area contributed by atoms with Crippen LogP contribution in [0.15, 0.2) is 42.5 Å². The first-order valence-electron chi connectivity index (χ1n) is 5.86. The van der Waals surface area contributed by atoms with E-state index in [2.05, 4.69) is 16.4 Å².